The first-order chi connectivity index (χ1) is 7.31. The van der Waals surface area contributed by atoms with Crippen LogP contribution < -0.4 is 0 Å². The van der Waals surface area contributed by atoms with Gasteiger partial charge in [-0.15, -0.1) is 0 Å². The number of isocyanates is 1. The van der Waals surface area contributed by atoms with Gasteiger partial charge in [-0.1, -0.05) is 13.0 Å². The third kappa shape index (κ3) is 1.12. The molecular formula is C13H13NO. The lowest BCUT2D eigenvalue weighted by Gasteiger charge is -2.30. The van der Waals surface area contributed by atoms with Gasteiger partial charge >= 0.3 is 0 Å². The van der Waals surface area contributed by atoms with Crippen LogP contribution in [0.4, 0.5) is 5.69 Å². The summed E-state index contributed by atoms with van der Waals surface area (Å²) in [6.07, 6.45) is 6.29. The maximum atomic E-state index is 10.5. The molecule has 0 aliphatic heterocycles. The Balaban J connectivity index is 2.28. The van der Waals surface area contributed by atoms with Crippen molar-refractivity contribution in [3.8, 4) is 0 Å². The number of aryl methyl sites for hydroxylation is 1. The fourth-order valence-electron chi connectivity index (χ4n) is 2.99. The summed E-state index contributed by atoms with van der Waals surface area (Å²) in [6.45, 7) is 2.20. The topological polar surface area (TPSA) is 29.4 Å². The molecule has 2 aliphatic rings. The van der Waals surface area contributed by atoms with Crippen LogP contribution in [0, 0.1) is 0 Å². The summed E-state index contributed by atoms with van der Waals surface area (Å²) in [5, 5.41) is 0. The molecule has 0 unspecified atom stereocenters. The third-order valence-corrected chi connectivity index (χ3v) is 3.67. The van der Waals surface area contributed by atoms with E-state index in [1.807, 2.05) is 0 Å². The van der Waals surface area contributed by atoms with Gasteiger partial charge in [-0.05, 0) is 53.9 Å². The van der Waals surface area contributed by atoms with Gasteiger partial charge in [0.25, 0.3) is 0 Å². The van der Waals surface area contributed by atoms with Crippen LogP contribution in [-0.2, 0) is 24.1 Å². The van der Waals surface area contributed by atoms with Crippen LogP contribution in [0.15, 0.2) is 11.1 Å². The van der Waals surface area contributed by atoms with Gasteiger partial charge in [0.1, 0.15) is 0 Å². The second-order valence-electron chi connectivity index (χ2n) is 4.60. The Morgan fingerprint density at radius 1 is 1.40 bits per heavy atom. The number of aliphatic imine (C=N–C) groups is 1. The molecule has 0 radical (unpaired) electrons. The summed E-state index contributed by atoms with van der Waals surface area (Å²) in [5.41, 5.74) is 6.38. The lowest BCUT2D eigenvalue weighted by Crippen LogP contribution is -2.15. The van der Waals surface area contributed by atoms with Gasteiger partial charge in [0.15, 0.2) is 0 Å². The van der Waals surface area contributed by atoms with Gasteiger partial charge in [0.05, 0.1) is 5.69 Å². The summed E-state index contributed by atoms with van der Waals surface area (Å²) < 4.78 is 0. The van der Waals surface area contributed by atoms with Crippen LogP contribution in [0.2, 0.25) is 0 Å². The maximum absolute atomic E-state index is 10.5. The number of rotatable bonds is 1. The summed E-state index contributed by atoms with van der Waals surface area (Å²) in [4.78, 5) is 14.4. The highest BCUT2D eigenvalue weighted by molar-refractivity contribution is 5.68. The molecule has 0 amide bonds. The first-order valence-electron chi connectivity index (χ1n) is 5.56. The fourth-order valence-corrected chi connectivity index (χ4v) is 2.99. The Kier molecular flexibility index (Phi) is 1.80. The van der Waals surface area contributed by atoms with Crippen LogP contribution in [0.5, 0.6) is 0 Å². The van der Waals surface area contributed by atoms with Crippen LogP contribution in [0.25, 0.3) is 0 Å². The quantitative estimate of drug-likeness (QED) is 0.505. The smallest absolute Gasteiger partial charge is 0.211 e. The number of hydrogen-bond acceptors (Lipinski definition) is 2. The number of hydrogen-bond donors (Lipinski definition) is 0. The normalized spacial score (nSPS) is 21.3. The Labute approximate surface area is 89.0 Å². The van der Waals surface area contributed by atoms with Crippen molar-refractivity contribution in [3.63, 3.8) is 0 Å². The molecule has 2 nitrogen and oxygen atoms in total. The molecule has 0 saturated carbocycles. The van der Waals surface area contributed by atoms with E-state index in [1.54, 1.807) is 6.08 Å². The van der Waals surface area contributed by atoms with Crippen molar-refractivity contribution in [2.75, 3.05) is 0 Å². The molecule has 1 aromatic rings. The molecule has 76 valence electrons. The molecule has 0 saturated heterocycles. The van der Waals surface area contributed by atoms with Crippen molar-refractivity contribution < 1.29 is 4.79 Å². The highest BCUT2D eigenvalue weighted by atomic mass is 16.1. The fraction of sp³-hybridized carbons (Fsp3) is 0.462. The SMILES string of the molecule is C[C@@H]1Cc2cc3c(c(N=C=O)c21)CCC3. The number of fused-ring (bicyclic) bond motifs is 2. The molecule has 1 atom stereocenters. The summed E-state index contributed by atoms with van der Waals surface area (Å²) >= 11 is 0. The molecule has 0 aromatic heterocycles. The monoisotopic (exact) mass is 199 g/mol. The Hall–Kier alpha value is -1.40. The minimum Gasteiger partial charge on any atom is -0.211 e. The second kappa shape index (κ2) is 3.04. The first kappa shape index (κ1) is 8.87. The van der Waals surface area contributed by atoms with Gasteiger partial charge in [-0.2, -0.15) is 4.99 Å². The van der Waals surface area contributed by atoms with E-state index in [4.69, 9.17) is 0 Å². The number of carbonyl (C=O) groups excluding carboxylic acids is 1. The van der Waals surface area contributed by atoms with Gasteiger partial charge in [-0.25, -0.2) is 4.79 Å². The molecule has 2 heteroatoms. The molecule has 0 spiro atoms. The molecule has 1 aromatic carbocycles. The van der Waals surface area contributed by atoms with Crippen molar-refractivity contribution in [3.05, 3.63) is 28.3 Å². The zero-order valence-electron chi connectivity index (χ0n) is 8.84. The summed E-state index contributed by atoms with van der Waals surface area (Å²) in [6, 6.07) is 2.32. The molecule has 0 N–H and O–H groups in total. The van der Waals surface area contributed by atoms with Gasteiger partial charge < -0.3 is 0 Å². The average Bonchev–Trinajstić information content (AvgIpc) is 2.64. The Morgan fingerprint density at radius 3 is 3.00 bits per heavy atom. The minimum absolute atomic E-state index is 0.568. The average molecular weight is 199 g/mol. The van der Waals surface area contributed by atoms with E-state index in [2.05, 4.69) is 18.0 Å². The van der Waals surface area contributed by atoms with E-state index in [1.165, 1.54) is 28.7 Å². The first-order valence-corrected chi connectivity index (χ1v) is 5.56. The highest BCUT2D eigenvalue weighted by Crippen LogP contribution is 2.46. The number of nitrogens with zero attached hydrogens (tertiary/aromatic N) is 1. The second-order valence-corrected chi connectivity index (χ2v) is 4.60. The predicted octanol–water partition coefficient (Wildman–Crippen LogP) is 2.80. The number of benzene rings is 1. The minimum atomic E-state index is 0.568. The van der Waals surface area contributed by atoms with E-state index in [9.17, 15) is 4.79 Å². The molecule has 0 bridgehead atoms. The lowest BCUT2D eigenvalue weighted by atomic mass is 9.75. The zero-order chi connectivity index (χ0) is 10.4. The predicted molar refractivity (Wildman–Crippen MR) is 58.4 cm³/mol. The molecule has 2 aliphatic carbocycles. The van der Waals surface area contributed by atoms with Gasteiger partial charge in [0.2, 0.25) is 6.08 Å². The standard InChI is InChI=1S/C13H13NO/c1-8-5-10-6-9-3-2-4-11(9)13(12(8)10)14-7-15/h6,8H,2-5H2,1H3/t8-/m1/s1. The molecule has 15 heavy (non-hydrogen) atoms. The lowest BCUT2D eigenvalue weighted by molar-refractivity contribution is 0.565. The van der Waals surface area contributed by atoms with E-state index < -0.39 is 0 Å². The van der Waals surface area contributed by atoms with E-state index in [0.29, 0.717) is 5.92 Å². The van der Waals surface area contributed by atoms with Crippen LogP contribution in [0.3, 0.4) is 0 Å². The largest absolute Gasteiger partial charge is 0.240 e. The van der Waals surface area contributed by atoms with E-state index in [-0.39, 0.29) is 0 Å². The summed E-state index contributed by atoms with van der Waals surface area (Å²) in [5.74, 6) is 0.568. The molecule has 0 fully saturated rings. The Morgan fingerprint density at radius 2 is 2.27 bits per heavy atom. The van der Waals surface area contributed by atoms with Crippen LogP contribution in [0.1, 0.15) is 41.5 Å². The van der Waals surface area contributed by atoms with Crippen molar-refractivity contribution >= 4 is 11.8 Å². The molecule has 0 heterocycles. The van der Waals surface area contributed by atoms with Crippen molar-refractivity contribution in [2.45, 2.75) is 38.5 Å². The van der Waals surface area contributed by atoms with E-state index >= 15 is 0 Å². The van der Waals surface area contributed by atoms with Crippen molar-refractivity contribution in [1.29, 1.82) is 0 Å². The van der Waals surface area contributed by atoms with Crippen LogP contribution >= 0.6 is 0 Å². The molecule has 3 rings (SSSR count). The summed E-state index contributed by atoms with van der Waals surface area (Å²) in [7, 11) is 0. The third-order valence-electron chi connectivity index (χ3n) is 3.67. The Bertz CT molecular complexity index is 480. The molecular weight excluding hydrogens is 186 g/mol. The zero-order valence-corrected chi connectivity index (χ0v) is 8.84. The van der Waals surface area contributed by atoms with Crippen molar-refractivity contribution in [2.24, 2.45) is 4.99 Å². The van der Waals surface area contributed by atoms with Gasteiger partial charge in [0, 0.05) is 0 Å². The maximum Gasteiger partial charge on any atom is 0.240 e. The van der Waals surface area contributed by atoms with Crippen LogP contribution in [-0.4, -0.2) is 6.08 Å². The highest BCUT2D eigenvalue weighted by Gasteiger charge is 2.30. The van der Waals surface area contributed by atoms with E-state index in [0.717, 1.165) is 24.9 Å². The van der Waals surface area contributed by atoms with Gasteiger partial charge in [-0.3, -0.25) is 0 Å². The van der Waals surface area contributed by atoms with Crippen molar-refractivity contribution in [1.82, 2.24) is 0 Å².